The van der Waals surface area contributed by atoms with Crippen molar-refractivity contribution in [3.05, 3.63) is 59.9 Å². The van der Waals surface area contributed by atoms with Gasteiger partial charge in [-0.15, -0.1) is 0 Å². The fourth-order valence-electron chi connectivity index (χ4n) is 4.64. The molecule has 2 aromatic rings. The molecule has 136 valence electrons. The van der Waals surface area contributed by atoms with E-state index in [0.717, 1.165) is 25.9 Å². The zero-order chi connectivity index (χ0) is 18.1. The van der Waals surface area contributed by atoms with Crippen molar-refractivity contribution in [2.24, 2.45) is 11.8 Å². The van der Waals surface area contributed by atoms with Gasteiger partial charge >= 0.3 is 0 Å². The summed E-state index contributed by atoms with van der Waals surface area (Å²) in [5, 5.41) is 20.3. The van der Waals surface area contributed by atoms with E-state index in [1.165, 1.54) is 17.8 Å². The third-order valence-electron chi connectivity index (χ3n) is 5.71. The number of carbonyl (C=O) groups excluding carboxylic acids is 1. The number of rotatable bonds is 5. The minimum absolute atomic E-state index is 0.0236. The van der Waals surface area contributed by atoms with Crippen LogP contribution in [0.25, 0.3) is 0 Å². The number of ketones is 1. The second-order valence-corrected chi connectivity index (χ2v) is 7.83. The van der Waals surface area contributed by atoms with Crippen molar-refractivity contribution in [3.63, 3.8) is 0 Å². The van der Waals surface area contributed by atoms with Crippen LogP contribution in [0.15, 0.2) is 48.7 Å². The van der Waals surface area contributed by atoms with Crippen LogP contribution in [0.5, 0.6) is 5.75 Å². The SMILES string of the molecule is O=C(CN1C[C@@H]2CC(O)(Cc3ccccc3)C[C@@H]2C1)c1ccc(O)cn1. The van der Waals surface area contributed by atoms with E-state index in [9.17, 15) is 15.0 Å². The molecule has 0 bridgehead atoms. The lowest BCUT2D eigenvalue weighted by atomic mass is 9.91. The molecule has 2 heterocycles. The molecule has 5 heteroatoms. The number of hydrogen-bond donors (Lipinski definition) is 2. The Morgan fingerprint density at radius 3 is 2.42 bits per heavy atom. The van der Waals surface area contributed by atoms with Crippen LogP contribution in [0.1, 0.15) is 28.9 Å². The number of fused-ring (bicyclic) bond motifs is 1. The fraction of sp³-hybridized carbons (Fsp3) is 0.429. The molecule has 1 aromatic carbocycles. The van der Waals surface area contributed by atoms with E-state index in [4.69, 9.17) is 0 Å². The first kappa shape index (κ1) is 17.2. The van der Waals surface area contributed by atoms with Gasteiger partial charge in [0.1, 0.15) is 11.4 Å². The van der Waals surface area contributed by atoms with E-state index in [2.05, 4.69) is 22.0 Å². The van der Waals surface area contributed by atoms with Gasteiger partial charge in [0, 0.05) is 19.5 Å². The highest BCUT2D eigenvalue weighted by atomic mass is 16.3. The molecule has 2 N–H and O–H groups in total. The molecule has 0 radical (unpaired) electrons. The van der Waals surface area contributed by atoms with Gasteiger partial charge in [-0.2, -0.15) is 0 Å². The Hall–Kier alpha value is -2.24. The zero-order valence-electron chi connectivity index (χ0n) is 14.7. The molecule has 2 fully saturated rings. The minimum Gasteiger partial charge on any atom is -0.506 e. The predicted octanol–water partition coefficient (Wildman–Crippen LogP) is 2.29. The summed E-state index contributed by atoms with van der Waals surface area (Å²) in [7, 11) is 0. The van der Waals surface area contributed by atoms with Crippen molar-refractivity contribution in [2.75, 3.05) is 19.6 Å². The first-order chi connectivity index (χ1) is 12.5. The van der Waals surface area contributed by atoms with Crippen molar-refractivity contribution < 1.29 is 15.0 Å². The number of hydrogen-bond acceptors (Lipinski definition) is 5. The van der Waals surface area contributed by atoms with Crippen molar-refractivity contribution in [3.8, 4) is 5.75 Å². The summed E-state index contributed by atoms with van der Waals surface area (Å²) in [5.74, 6) is 0.938. The van der Waals surface area contributed by atoms with Gasteiger partial charge in [0.25, 0.3) is 0 Å². The van der Waals surface area contributed by atoms with Gasteiger partial charge < -0.3 is 10.2 Å². The maximum atomic E-state index is 12.4. The number of nitrogens with zero attached hydrogens (tertiary/aromatic N) is 2. The molecule has 2 aliphatic rings. The topological polar surface area (TPSA) is 73.7 Å². The normalized spacial score (nSPS) is 28.2. The van der Waals surface area contributed by atoms with Gasteiger partial charge in [-0.05, 0) is 42.4 Å². The smallest absolute Gasteiger partial charge is 0.195 e. The average Bonchev–Trinajstić information content (AvgIpc) is 3.10. The van der Waals surface area contributed by atoms with Crippen molar-refractivity contribution in [1.82, 2.24) is 9.88 Å². The Balaban J connectivity index is 1.33. The molecule has 3 atom stereocenters. The molecule has 1 aliphatic heterocycles. The molecule has 26 heavy (non-hydrogen) atoms. The van der Waals surface area contributed by atoms with E-state index in [1.807, 2.05) is 18.2 Å². The number of aliphatic hydroxyl groups is 1. The minimum atomic E-state index is -0.620. The largest absolute Gasteiger partial charge is 0.506 e. The summed E-state index contributed by atoms with van der Waals surface area (Å²) < 4.78 is 0. The monoisotopic (exact) mass is 352 g/mol. The fourth-order valence-corrected chi connectivity index (χ4v) is 4.64. The lowest BCUT2D eigenvalue weighted by Gasteiger charge is -2.26. The van der Waals surface area contributed by atoms with Crippen LogP contribution in [-0.4, -0.2) is 51.1 Å². The van der Waals surface area contributed by atoms with Gasteiger partial charge in [0.15, 0.2) is 5.78 Å². The molecular weight excluding hydrogens is 328 g/mol. The van der Waals surface area contributed by atoms with Crippen LogP contribution in [0, 0.1) is 11.8 Å². The number of aromatic nitrogens is 1. The molecule has 1 saturated carbocycles. The highest BCUT2D eigenvalue weighted by molar-refractivity contribution is 5.95. The van der Waals surface area contributed by atoms with Gasteiger partial charge in [0.2, 0.25) is 0 Å². The number of benzene rings is 1. The summed E-state index contributed by atoms with van der Waals surface area (Å²) in [6.45, 7) is 2.05. The third kappa shape index (κ3) is 3.64. The highest BCUT2D eigenvalue weighted by Gasteiger charge is 2.48. The lowest BCUT2D eigenvalue weighted by molar-refractivity contribution is 0.0355. The molecule has 1 aromatic heterocycles. The van der Waals surface area contributed by atoms with Gasteiger partial charge in [-0.3, -0.25) is 9.69 Å². The molecule has 1 aliphatic carbocycles. The van der Waals surface area contributed by atoms with Crippen LogP contribution in [-0.2, 0) is 6.42 Å². The number of carbonyl (C=O) groups is 1. The maximum Gasteiger partial charge on any atom is 0.195 e. The Bertz CT molecular complexity index is 762. The molecular formula is C21H24N2O3. The predicted molar refractivity (Wildman–Crippen MR) is 98.0 cm³/mol. The van der Waals surface area contributed by atoms with Crippen molar-refractivity contribution in [2.45, 2.75) is 24.9 Å². The lowest BCUT2D eigenvalue weighted by Crippen LogP contribution is -2.34. The van der Waals surface area contributed by atoms with Crippen LogP contribution in [0.4, 0.5) is 0 Å². The Kier molecular flexibility index (Phi) is 4.51. The summed E-state index contributed by atoms with van der Waals surface area (Å²) in [5.41, 5.74) is 0.950. The maximum absolute atomic E-state index is 12.4. The highest BCUT2D eigenvalue weighted by Crippen LogP contribution is 2.45. The first-order valence-electron chi connectivity index (χ1n) is 9.18. The number of aromatic hydroxyl groups is 1. The van der Waals surface area contributed by atoms with Crippen LogP contribution >= 0.6 is 0 Å². The zero-order valence-corrected chi connectivity index (χ0v) is 14.7. The molecule has 0 spiro atoms. The molecule has 4 rings (SSSR count). The first-order valence-corrected chi connectivity index (χ1v) is 9.18. The third-order valence-corrected chi connectivity index (χ3v) is 5.71. The van der Waals surface area contributed by atoms with Crippen molar-refractivity contribution >= 4 is 5.78 Å². The van der Waals surface area contributed by atoms with Gasteiger partial charge in [-0.25, -0.2) is 4.98 Å². The molecule has 0 amide bonds. The Morgan fingerprint density at radius 1 is 1.12 bits per heavy atom. The summed E-state index contributed by atoms with van der Waals surface area (Å²) in [6.07, 6.45) is 3.61. The Labute approximate surface area is 153 Å². The molecule has 1 unspecified atom stereocenters. The van der Waals surface area contributed by atoms with Crippen LogP contribution < -0.4 is 0 Å². The summed E-state index contributed by atoms with van der Waals surface area (Å²) >= 11 is 0. The quantitative estimate of drug-likeness (QED) is 0.808. The van der Waals surface area contributed by atoms with Crippen LogP contribution in [0.2, 0.25) is 0 Å². The molecule has 1 saturated heterocycles. The summed E-state index contributed by atoms with van der Waals surface area (Å²) in [4.78, 5) is 18.5. The number of likely N-dealkylation sites (tertiary alicyclic amines) is 1. The standard InChI is InChI=1S/C21H24N2O3/c24-18-6-7-19(22-11-18)20(25)14-23-12-16-9-21(26,10-17(16)13-23)8-15-4-2-1-3-5-15/h1-7,11,16-17,24,26H,8-10,12-14H2/t16-,17+,21?. The van der Waals surface area contributed by atoms with Crippen molar-refractivity contribution in [1.29, 1.82) is 0 Å². The average molecular weight is 352 g/mol. The van der Waals surface area contributed by atoms with E-state index in [0.29, 0.717) is 30.5 Å². The van der Waals surface area contributed by atoms with E-state index >= 15 is 0 Å². The van der Waals surface area contributed by atoms with Gasteiger partial charge in [-0.1, -0.05) is 30.3 Å². The number of Topliss-reactive ketones (excluding diaryl/α,β-unsaturated/α-hetero) is 1. The summed E-state index contributed by atoms with van der Waals surface area (Å²) in [6, 6.07) is 13.2. The van der Waals surface area contributed by atoms with Crippen LogP contribution in [0.3, 0.4) is 0 Å². The van der Waals surface area contributed by atoms with E-state index < -0.39 is 5.60 Å². The number of pyridine rings is 1. The van der Waals surface area contributed by atoms with Gasteiger partial charge in [0.05, 0.1) is 18.3 Å². The van der Waals surface area contributed by atoms with E-state index in [-0.39, 0.29) is 11.5 Å². The molecule has 5 nitrogen and oxygen atoms in total. The second-order valence-electron chi connectivity index (χ2n) is 7.83. The Morgan fingerprint density at radius 2 is 1.81 bits per heavy atom. The second kappa shape index (κ2) is 6.82. The van der Waals surface area contributed by atoms with E-state index in [1.54, 1.807) is 6.07 Å².